The van der Waals surface area contributed by atoms with E-state index in [-0.39, 0.29) is 0 Å². The minimum atomic E-state index is 0.347. The monoisotopic (exact) mass is 326 g/mol. The van der Waals surface area contributed by atoms with Crippen LogP contribution in [0.25, 0.3) is 11.2 Å². The van der Waals surface area contributed by atoms with Crippen LogP contribution < -0.4 is 5.73 Å². The van der Waals surface area contributed by atoms with E-state index in [1.54, 1.807) is 6.33 Å². The summed E-state index contributed by atoms with van der Waals surface area (Å²) in [5, 5.41) is 4.32. The lowest BCUT2D eigenvalue weighted by molar-refractivity contribution is 0.201. The van der Waals surface area contributed by atoms with Gasteiger partial charge in [0.1, 0.15) is 11.3 Å². The maximum absolute atomic E-state index is 6.01. The molecule has 126 valence electrons. The first-order valence-corrected chi connectivity index (χ1v) is 8.28. The lowest BCUT2D eigenvalue weighted by Crippen LogP contribution is -2.33. The van der Waals surface area contributed by atoms with Crippen LogP contribution in [0.1, 0.15) is 35.8 Å². The molecule has 1 saturated heterocycles. The van der Waals surface area contributed by atoms with E-state index >= 15 is 0 Å². The fourth-order valence-electron chi connectivity index (χ4n) is 3.35. The normalized spacial score (nSPS) is 16.9. The largest absolute Gasteiger partial charge is 0.382 e. The SMILES string of the molecule is Cc1c(CN2CCC(c3nc(N)c4[nH]cnc4n3)CC2)cnn1C. The summed E-state index contributed by atoms with van der Waals surface area (Å²) >= 11 is 0. The summed E-state index contributed by atoms with van der Waals surface area (Å²) in [6.45, 7) is 5.13. The molecule has 3 aromatic heterocycles. The first kappa shape index (κ1) is 15.1. The molecule has 0 amide bonds. The number of aromatic nitrogens is 6. The van der Waals surface area contributed by atoms with Crippen molar-refractivity contribution in [1.29, 1.82) is 0 Å². The van der Waals surface area contributed by atoms with Crippen molar-refractivity contribution in [1.82, 2.24) is 34.6 Å². The molecule has 3 N–H and O–H groups in total. The van der Waals surface area contributed by atoms with E-state index in [1.807, 2.05) is 17.9 Å². The topological polar surface area (TPSA) is 102 Å². The molecule has 1 fully saturated rings. The van der Waals surface area contributed by atoms with Gasteiger partial charge in [-0.2, -0.15) is 5.10 Å². The van der Waals surface area contributed by atoms with Gasteiger partial charge in [-0.25, -0.2) is 15.0 Å². The third-order valence-electron chi connectivity index (χ3n) is 5.01. The Morgan fingerprint density at radius 1 is 1.29 bits per heavy atom. The number of aromatic amines is 1. The van der Waals surface area contributed by atoms with Crippen LogP contribution in [0.5, 0.6) is 0 Å². The molecule has 4 heterocycles. The molecule has 0 aliphatic carbocycles. The molecule has 8 heteroatoms. The highest BCUT2D eigenvalue weighted by Crippen LogP contribution is 2.28. The average molecular weight is 326 g/mol. The molecule has 0 unspecified atom stereocenters. The second-order valence-corrected chi connectivity index (χ2v) is 6.50. The fraction of sp³-hybridized carbons (Fsp3) is 0.500. The summed E-state index contributed by atoms with van der Waals surface area (Å²) in [6.07, 6.45) is 5.65. The van der Waals surface area contributed by atoms with E-state index in [0.29, 0.717) is 17.4 Å². The van der Waals surface area contributed by atoms with Crippen molar-refractivity contribution in [3.05, 3.63) is 29.6 Å². The molecule has 1 aliphatic rings. The number of anilines is 1. The molecule has 3 aromatic rings. The number of hydrogen-bond acceptors (Lipinski definition) is 6. The molecule has 0 bridgehead atoms. The number of nitrogens with zero attached hydrogens (tertiary/aromatic N) is 6. The van der Waals surface area contributed by atoms with Gasteiger partial charge >= 0.3 is 0 Å². The number of fused-ring (bicyclic) bond motifs is 1. The lowest BCUT2D eigenvalue weighted by atomic mass is 9.95. The van der Waals surface area contributed by atoms with Gasteiger partial charge < -0.3 is 10.7 Å². The third-order valence-corrected chi connectivity index (χ3v) is 5.01. The zero-order valence-corrected chi connectivity index (χ0v) is 14.0. The van der Waals surface area contributed by atoms with Gasteiger partial charge in [-0.05, 0) is 32.9 Å². The second-order valence-electron chi connectivity index (χ2n) is 6.50. The van der Waals surface area contributed by atoms with Crippen molar-refractivity contribution in [3.8, 4) is 0 Å². The number of hydrogen-bond donors (Lipinski definition) is 2. The van der Waals surface area contributed by atoms with Crippen molar-refractivity contribution in [2.45, 2.75) is 32.2 Å². The van der Waals surface area contributed by atoms with Crippen molar-refractivity contribution in [2.75, 3.05) is 18.8 Å². The van der Waals surface area contributed by atoms with Crippen LogP contribution in [-0.2, 0) is 13.6 Å². The minimum absolute atomic E-state index is 0.347. The highest BCUT2D eigenvalue weighted by molar-refractivity contribution is 5.80. The Labute approximate surface area is 140 Å². The number of piperidine rings is 1. The first-order chi connectivity index (χ1) is 11.6. The third kappa shape index (κ3) is 2.62. The molecular weight excluding hydrogens is 304 g/mol. The number of nitrogens with one attached hydrogen (secondary N) is 1. The first-order valence-electron chi connectivity index (χ1n) is 8.28. The Morgan fingerprint density at radius 2 is 2.08 bits per heavy atom. The van der Waals surface area contributed by atoms with E-state index in [9.17, 15) is 0 Å². The predicted molar refractivity (Wildman–Crippen MR) is 91.3 cm³/mol. The zero-order valence-electron chi connectivity index (χ0n) is 14.0. The van der Waals surface area contributed by atoms with Gasteiger partial charge in [0, 0.05) is 30.8 Å². The second kappa shape index (κ2) is 5.86. The van der Waals surface area contributed by atoms with Crippen molar-refractivity contribution in [2.24, 2.45) is 7.05 Å². The Hall–Kier alpha value is -2.48. The summed E-state index contributed by atoms with van der Waals surface area (Å²) in [6, 6.07) is 0. The number of nitrogens with two attached hydrogens (primary N) is 1. The quantitative estimate of drug-likeness (QED) is 0.753. The fourth-order valence-corrected chi connectivity index (χ4v) is 3.35. The van der Waals surface area contributed by atoms with Gasteiger partial charge in [-0.1, -0.05) is 0 Å². The maximum atomic E-state index is 6.01. The predicted octanol–water partition coefficient (Wildman–Crippen LogP) is 1.36. The molecule has 0 atom stereocenters. The number of aryl methyl sites for hydroxylation is 1. The van der Waals surface area contributed by atoms with Crippen LogP contribution in [0.15, 0.2) is 12.5 Å². The average Bonchev–Trinajstić information content (AvgIpc) is 3.18. The number of likely N-dealkylation sites (tertiary alicyclic amines) is 1. The summed E-state index contributed by atoms with van der Waals surface area (Å²) in [5.74, 6) is 1.66. The maximum Gasteiger partial charge on any atom is 0.183 e. The summed E-state index contributed by atoms with van der Waals surface area (Å²) in [4.78, 5) is 18.7. The number of rotatable bonds is 3. The Kier molecular flexibility index (Phi) is 3.68. The van der Waals surface area contributed by atoms with Gasteiger partial charge in [0.05, 0.1) is 12.5 Å². The van der Waals surface area contributed by atoms with E-state index < -0.39 is 0 Å². The van der Waals surface area contributed by atoms with E-state index in [0.717, 1.165) is 43.8 Å². The molecule has 1 aliphatic heterocycles. The van der Waals surface area contributed by atoms with Crippen LogP contribution in [0, 0.1) is 6.92 Å². The van der Waals surface area contributed by atoms with E-state index in [1.165, 1.54) is 11.3 Å². The summed E-state index contributed by atoms with van der Waals surface area (Å²) in [5.41, 5.74) is 9.93. The highest BCUT2D eigenvalue weighted by Gasteiger charge is 2.24. The number of nitrogen functional groups attached to an aromatic ring is 1. The smallest absolute Gasteiger partial charge is 0.183 e. The van der Waals surface area contributed by atoms with Crippen molar-refractivity contribution < 1.29 is 0 Å². The van der Waals surface area contributed by atoms with Crippen LogP contribution in [0.2, 0.25) is 0 Å². The summed E-state index contributed by atoms with van der Waals surface area (Å²) in [7, 11) is 1.98. The molecule has 0 spiro atoms. The molecule has 0 radical (unpaired) electrons. The van der Waals surface area contributed by atoms with Gasteiger partial charge in [0.25, 0.3) is 0 Å². The van der Waals surface area contributed by atoms with Crippen molar-refractivity contribution >= 4 is 17.0 Å². The Bertz CT molecular complexity index is 856. The minimum Gasteiger partial charge on any atom is -0.382 e. The van der Waals surface area contributed by atoms with Gasteiger partial charge in [0.15, 0.2) is 11.5 Å². The van der Waals surface area contributed by atoms with E-state index in [4.69, 9.17) is 5.73 Å². The molecule has 24 heavy (non-hydrogen) atoms. The Morgan fingerprint density at radius 3 is 2.79 bits per heavy atom. The van der Waals surface area contributed by atoms with Crippen LogP contribution in [-0.4, -0.2) is 47.7 Å². The summed E-state index contributed by atoms with van der Waals surface area (Å²) < 4.78 is 1.93. The highest BCUT2D eigenvalue weighted by atomic mass is 15.3. The van der Waals surface area contributed by atoms with Gasteiger partial charge in [-0.15, -0.1) is 0 Å². The van der Waals surface area contributed by atoms with Gasteiger partial charge in [0.2, 0.25) is 0 Å². The zero-order chi connectivity index (χ0) is 16.7. The number of H-pyrrole nitrogens is 1. The van der Waals surface area contributed by atoms with Crippen molar-refractivity contribution in [3.63, 3.8) is 0 Å². The standard InChI is InChI=1S/C16H22N8/c1-10-12(7-20-23(10)2)8-24-5-3-11(4-6-24)15-21-14(17)13-16(22-15)19-9-18-13/h7,9,11H,3-6,8H2,1-2H3,(H3,17,18,19,21,22). The van der Waals surface area contributed by atoms with Crippen LogP contribution in [0.4, 0.5) is 5.82 Å². The lowest BCUT2D eigenvalue weighted by Gasteiger charge is -2.31. The van der Waals surface area contributed by atoms with E-state index in [2.05, 4.69) is 36.9 Å². The number of imidazole rings is 1. The molecule has 4 rings (SSSR count). The molecular formula is C16H22N8. The van der Waals surface area contributed by atoms with Crippen LogP contribution in [0.3, 0.4) is 0 Å². The Balaban J connectivity index is 1.44. The molecule has 0 aromatic carbocycles. The van der Waals surface area contributed by atoms with Gasteiger partial charge in [-0.3, -0.25) is 9.58 Å². The van der Waals surface area contributed by atoms with Crippen LogP contribution >= 0.6 is 0 Å². The molecule has 8 nitrogen and oxygen atoms in total. The molecule has 0 saturated carbocycles.